The Hall–Kier alpha value is -4.27. The van der Waals surface area contributed by atoms with Gasteiger partial charge in [-0.2, -0.15) is 4.98 Å². The van der Waals surface area contributed by atoms with Crippen LogP contribution in [0.1, 0.15) is 58.7 Å². The minimum absolute atomic E-state index is 0.116. The van der Waals surface area contributed by atoms with Crippen LogP contribution >= 0.6 is 0 Å². The molecule has 1 aromatic carbocycles. The number of fused-ring (bicyclic) bond motifs is 1. The number of nitrogens with zero attached hydrogens (tertiary/aromatic N) is 4. The highest BCUT2D eigenvalue weighted by molar-refractivity contribution is 6.14. The topological polar surface area (TPSA) is 120 Å². The molecule has 35 heavy (non-hydrogen) atoms. The van der Waals surface area contributed by atoms with E-state index in [1.54, 1.807) is 13.0 Å². The summed E-state index contributed by atoms with van der Waals surface area (Å²) in [5.74, 6) is 2.19. The molecule has 0 unspecified atom stereocenters. The van der Waals surface area contributed by atoms with E-state index < -0.39 is 0 Å². The van der Waals surface area contributed by atoms with Crippen LogP contribution in [0, 0.1) is 27.7 Å². The van der Waals surface area contributed by atoms with Gasteiger partial charge >= 0.3 is 0 Å². The molecule has 0 bridgehead atoms. The van der Waals surface area contributed by atoms with E-state index in [9.17, 15) is 4.79 Å². The van der Waals surface area contributed by atoms with E-state index >= 15 is 0 Å². The van der Waals surface area contributed by atoms with Crippen molar-refractivity contribution in [3.8, 4) is 22.7 Å². The summed E-state index contributed by atoms with van der Waals surface area (Å²) < 4.78 is 16.6. The van der Waals surface area contributed by atoms with Gasteiger partial charge < -0.3 is 18.8 Å². The predicted octanol–water partition coefficient (Wildman–Crippen LogP) is 6.14. The van der Waals surface area contributed by atoms with Crippen molar-refractivity contribution < 1.29 is 18.3 Å². The van der Waals surface area contributed by atoms with Crippen LogP contribution in [0.5, 0.6) is 0 Å². The first kappa shape index (κ1) is 22.5. The third kappa shape index (κ3) is 3.99. The molecule has 0 atom stereocenters. The van der Waals surface area contributed by atoms with Crippen molar-refractivity contribution in [2.24, 2.45) is 0 Å². The number of pyridine rings is 1. The molecule has 5 aromatic rings. The fraction of sp³-hybridized carbons (Fsp3) is 0.269. The Morgan fingerprint density at radius 2 is 1.77 bits per heavy atom. The maximum atomic E-state index is 13.7. The Bertz CT molecular complexity index is 1570. The molecule has 5 rings (SSSR count). The SMILES string of the molecule is Cc1cc(-c2cc(C(=O)Nc3c(C)cccc3-c3nc(C(C)C)no3)c3c(C)noc3n2)c(C)o1. The molecule has 0 radical (unpaired) electrons. The number of carbonyl (C=O) groups excluding carboxylic acids is 1. The highest BCUT2D eigenvalue weighted by Gasteiger charge is 2.23. The van der Waals surface area contributed by atoms with Gasteiger partial charge in [-0.15, -0.1) is 0 Å². The Balaban J connectivity index is 1.60. The zero-order chi connectivity index (χ0) is 24.9. The number of aryl methyl sites for hydroxylation is 4. The number of rotatable bonds is 5. The maximum Gasteiger partial charge on any atom is 0.260 e. The fourth-order valence-corrected chi connectivity index (χ4v) is 4.07. The van der Waals surface area contributed by atoms with Crippen molar-refractivity contribution >= 4 is 22.7 Å². The third-order valence-corrected chi connectivity index (χ3v) is 5.88. The van der Waals surface area contributed by atoms with Gasteiger partial charge in [-0.3, -0.25) is 4.79 Å². The first-order valence-corrected chi connectivity index (χ1v) is 11.3. The molecule has 9 nitrogen and oxygen atoms in total. The van der Waals surface area contributed by atoms with Gasteiger partial charge in [0, 0.05) is 11.5 Å². The molecule has 4 heterocycles. The molecular formula is C26H25N5O4. The van der Waals surface area contributed by atoms with E-state index in [1.165, 1.54) is 0 Å². The van der Waals surface area contributed by atoms with Gasteiger partial charge in [0.15, 0.2) is 5.82 Å². The molecule has 9 heteroatoms. The Morgan fingerprint density at radius 1 is 0.971 bits per heavy atom. The van der Waals surface area contributed by atoms with Gasteiger partial charge in [-0.05, 0) is 51.5 Å². The highest BCUT2D eigenvalue weighted by Crippen LogP contribution is 2.34. The number of amides is 1. The first-order valence-electron chi connectivity index (χ1n) is 11.3. The maximum absolute atomic E-state index is 13.7. The zero-order valence-corrected chi connectivity index (χ0v) is 20.4. The average molecular weight is 472 g/mol. The second kappa shape index (κ2) is 8.50. The predicted molar refractivity (Wildman–Crippen MR) is 130 cm³/mol. The molecule has 0 aliphatic carbocycles. The standard InChI is InChI=1S/C26H25N5O4/c1-12(2)23-29-25(34-31-23)17-9-7-8-13(3)22(17)28-24(32)19-11-20(18-10-14(4)33-16(18)6)27-26-21(19)15(5)30-35-26/h7-12H,1-6H3,(H,28,32). The number of para-hydroxylation sites is 1. The Labute approximate surface area is 201 Å². The van der Waals surface area contributed by atoms with Crippen LogP contribution in [-0.2, 0) is 0 Å². The van der Waals surface area contributed by atoms with Gasteiger partial charge in [-0.1, -0.05) is 36.3 Å². The molecule has 4 aromatic heterocycles. The third-order valence-electron chi connectivity index (χ3n) is 5.88. The summed E-state index contributed by atoms with van der Waals surface area (Å²) in [5, 5.41) is 11.7. The van der Waals surface area contributed by atoms with E-state index in [1.807, 2.05) is 58.9 Å². The van der Waals surface area contributed by atoms with E-state index in [-0.39, 0.29) is 17.5 Å². The lowest BCUT2D eigenvalue weighted by Crippen LogP contribution is -2.15. The molecule has 0 fully saturated rings. The van der Waals surface area contributed by atoms with Gasteiger partial charge in [0.1, 0.15) is 11.5 Å². The van der Waals surface area contributed by atoms with Gasteiger partial charge in [0.05, 0.1) is 33.6 Å². The van der Waals surface area contributed by atoms with Crippen molar-refractivity contribution in [2.75, 3.05) is 5.32 Å². The zero-order valence-electron chi connectivity index (χ0n) is 20.4. The van der Waals surface area contributed by atoms with Gasteiger partial charge in [0.25, 0.3) is 17.5 Å². The molecule has 178 valence electrons. The Morgan fingerprint density at radius 3 is 2.46 bits per heavy atom. The molecule has 1 N–H and O–H groups in total. The molecule has 1 amide bonds. The normalized spacial score (nSPS) is 11.5. The number of hydrogen-bond donors (Lipinski definition) is 1. The lowest BCUT2D eigenvalue weighted by Gasteiger charge is -2.13. The minimum atomic E-state index is -0.332. The summed E-state index contributed by atoms with van der Waals surface area (Å²) in [4.78, 5) is 22.8. The van der Waals surface area contributed by atoms with E-state index in [2.05, 4.69) is 25.6 Å². The summed E-state index contributed by atoms with van der Waals surface area (Å²) in [5.41, 5.74) is 4.70. The lowest BCUT2D eigenvalue weighted by atomic mass is 10.0. The van der Waals surface area contributed by atoms with Crippen LogP contribution in [0.25, 0.3) is 33.8 Å². The monoisotopic (exact) mass is 471 g/mol. The van der Waals surface area contributed by atoms with Crippen molar-refractivity contribution in [1.29, 1.82) is 0 Å². The number of aromatic nitrogens is 4. The van der Waals surface area contributed by atoms with E-state index in [0.29, 0.717) is 51.1 Å². The molecule has 0 spiro atoms. The van der Waals surface area contributed by atoms with Crippen LogP contribution in [-0.4, -0.2) is 26.2 Å². The molecule has 0 aliphatic rings. The number of carbonyl (C=O) groups is 1. The van der Waals surface area contributed by atoms with E-state index in [4.69, 9.17) is 13.5 Å². The quantitative estimate of drug-likeness (QED) is 0.324. The summed E-state index contributed by atoms with van der Waals surface area (Å²) >= 11 is 0. The van der Waals surface area contributed by atoms with Crippen molar-refractivity contribution in [2.45, 2.75) is 47.5 Å². The number of benzene rings is 1. The number of anilines is 1. The van der Waals surface area contributed by atoms with Crippen molar-refractivity contribution in [3.63, 3.8) is 0 Å². The van der Waals surface area contributed by atoms with Crippen molar-refractivity contribution in [3.05, 3.63) is 64.5 Å². The highest BCUT2D eigenvalue weighted by atomic mass is 16.5. The summed E-state index contributed by atoms with van der Waals surface area (Å²) in [6.45, 7) is 11.4. The molecule has 0 saturated carbocycles. The summed E-state index contributed by atoms with van der Waals surface area (Å²) in [6, 6.07) is 9.26. The second-order valence-corrected chi connectivity index (χ2v) is 8.89. The molecule has 0 aliphatic heterocycles. The first-order chi connectivity index (χ1) is 16.7. The van der Waals surface area contributed by atoms with Crippen LogP contribution in [0.4, 0.5) is 5.69 Å². The molecule has 0 saturated heterocycles. The van der Waals surface area contributed by atoms with Gasteiger partial charge in [0.2, 0.25) is 0 Å². The van der Waals surface area contributed by atoms with Gasteiger partial charge in [-0.25, -0.2) is 4.98 Å². The smallest absolute Gasteiger partial charge is 0.260 e. The summed E-state index contributed by atoms with van der Waals surface area (Å²) in [7, 11) is 0. The average Bonchev–Trinajstić information content (AvgIpc) is 3.53. The number of hydrogen-bond acceptors (Lipinski definition) is 8. The fourth-order valence-electron chi connectivity index (χ4n) is 4.07. The van der Waals surface area contributed by atoms with Crippen LogP contribution < -0.4 is 5.32 Å². The van der Waals surface area contributed by atoms with E-state index in [0.717, 1.165) is 16.9 Å². The minimum Gasteiger partial charge on any atom is -0.466 e. The lowest BCUT2D eigenvalue weighted by molar-refractivity contribution is 0.102. The summed E-state index contributed by atoms with van der Waals surface area (Å²) in [6.07, 6.45) is 0. The van der Waals surface area contributed by atoms with Crippen LogP contribution in [0.2, 0.25) is 0 Å². The number of nitrogens with one attached hydrogen (secondary N) is 1. The largest absolute Gasteiger partial charge is 0.466 e. The van der Waals surface area contributed by atoms with Crippen LogP contribution in [0.3, 0.4) is 0 Å². The van der Waals surface area contributed by atoms with Crippen LogP contribution in [0.15, 0.2) is 43.8 Å². The Kier molecular flexibility index (Phi) is 5.47. The molecular weight excluding hydrogens is 446 g/mol. The second-order valence-electron chi connectivity index (χ2n) is 8.89. The van der Waals surface area contributed by atoms with Crippen molar-refractivity contribution in [1.82, 2.24) is 20.3 Å². The number of furan rings is 1.